The molecule has 2 saturated carbocycles. The Morgan fingerprint density at radius 1 is 1.24 bits per heavy atom. The van der Waals surface area contributed by atoms with Crippen molar-refractivity contribution in [2.24, 2.45) is 11.8 Å². The Kier molecular flexibility index (Phi) is 3.49. The van der Waals surface area contributed by atoms with Crippen LogP contribution in [0.3, 0.4) is 0 Å². The third-order valence-electron chi connectivity index (χ3n) is 5.31. The summed E-state index contributed by atoms with van der Waals surface area (Å²) in [6, 6.07) is 0.775. The van der Waals surface area contributed by atoms with Gasteiger partial charge in [-0.05, 0) is 65.2 Å². The molecule has 0 spiro atoms. The van der Waals surface area contributed by atoms with E-state index in [2.05, 4.69) is 17.3 Å². The van der Waals surface area contributed by atoms with Crippen LogP contribution in [-0.2, 0) is 9.57 Å². The first kappa shape index (κ1) is 15.1. The summed E-state index contributed by atoms with van der Waals surface area (Å²) in [5.74, 6) is 1.10. The zero-order valence-electron chi connectivity index (χ0n) is 13.8. The molecular formula is C16H28N2O3. The summed E-state index contributed by atoms with van der Waals surface area (Å²) in [6.45, 7) is 8.01. The maximum Gasteiger partial charge on any atom is 0.407 e. The molecule has 120 valence electrons. The van der Waals surface area contributed by atoms with Crippen molar-refractivity contribution in [3.8, 4) is 0 Å². The quantitative estimate of drug-likeness (QED) is 0.851. The average Bonchev–Trinajstić information content (AvgIpc) is 2.29. The molecule has 4 bridgehead atoms. The van der Waals surface area contributed by atoms with Gasteiger partial charge in [0, 0.05) is 17.6 Å². The lowest BCUT2D eigenvalue weighted by Crippen LogP contribution is -2.70. The predicted octanol–water partition coefficient (Wildman–Crippen LogP) is 2.70. The molecule has 0 radical (unpaired) electrons. The number of ether oxygens (including phenoxy) is 1. The van der Waals surface area contributed by atoms with Gasteiger partial charge in [0.25, 0.3) is 0 Å². The first-order valence-electron chi connectivity index (χ1n) is 8.05. The minimum absolute atomic E-state index is 0.136. The van der Waals surface area contributed by atoms with Gasteiger partial charge in [-0.3, -0.25) is 0 Å². The van der Waals surface area contributed by atoms with Crippen molar-refractivity contribution in [1.82, 2.24) is 10.4 Å². The molecule has 0 aromatic heterocycles. The van der Waals surface area contributed by atoms with Gasteiger partial charge in [-0.15, -0.1) is 0 Å². The van der Waals surface area contributed by atoms with E-state index in [0.29, 0.717) is 17.9 Å². The lowest BCUT2D eigenvalue weighted by molar-refractivity contribution is -0.291. The molecule has 21 heavy (non-hydrogen) atoms. The van der Waals surface area contributed by atoms with Crippen molar-refractivity contribution in [3.63, 3.8) is 0 Å². The van der Waals surface area contributed by atoms with E-state index >= 15 is 0 Å². The molecule has 5 nitrogen and oxygen atoms in total. The minimum Gasteiger partial charge on any atom is -0.444 e. The molecule has 2 heterocycles. The number of hydroxylamine groups is 2. The maximum absolute atomic E-state index is 12.1. The van der Waals surface area contributed by atoms with Crippen molar-refractivity contribution in [2.75, 3.05) is 7.11 Å². The first-order valence-corrected chi connectivity index (χ1v) is 8.05. The maximum atomic E-state index is 12.1. The SMILES string of the molecule is CON1C2C[C@@H]3CC1(C)C[C@H](C2)C3NC(=O)OC(C)(C)C. The Bertz CT molecular complexity index is 416. The van der Waals surface area contributed by atoms with Gasteiger partial charge < -0.3 is 14.9 Å². The number of carbonyl (C=O) groups excluding carboxylic acids is 1. The lowest BCUT2D eigenvalue weighted by Gasteiger charge is -2.63. The summed E-state index contributed by atoms with van der Waals surface area (Å²) in [5, 5.41) is 5.36. The van der Waals surface area contributed by atoms with Crippen LogP contribution in [0.4, 0.5) is 4.79 Å². The molecule has 1 N–H and O–H groups in total. The van der Waals surface area contributed by atoms with Gasteiger partial charge in [0.05, 0.1) is 7.11 Å². The minimum atomic E-state index is -0.436. The molecule has 2 saturated heterocycles. The topological polar surface area (TPSA) is 50.8 Å². The van der Waals surface area contributed by atoms with Crippen LogP contribution in [0.2, 0.25) is 0 Å². The molecule has 2 aliphatic carbocycles. The number of rotatable bonds is 2. The lowest BCUT2D eigenvalue weighted by atomic mass is 9.57. The van der Waals surface area contributed by atoms with E-state index in [9.17, 15) is 4.79 Å². The molecule has 5 heteroatoms. The fourth-order valence-electron chi connectivity index (χ4n) is 4.97. The van der Waals surface area contributed by atoms with Gasteiger partial charge in [-0.25, -0.2) is 4.79 Å². The number of nitrogens with one attached hydrogen (secondary N) is 1. The van der Waals surface area contributed by atoms with Crippen LogP contribution in [0.5, 0.6) is 0 Å². The van der Waals surface area contributed by atoms with Crippen molar-refractivity contribution in [1.29, 1.82) is 0 Å². The summed E-state index contributed by atoms with van der Waals surface area (Å²) in [6.07, 6.45) is 4.14. The van der Waals surface area contributed by atoms with E-state index < -0.39 is 5.60 Å². The van der Waals surface area contributed by atoms with E-state index in [1.807, 2.05) is 20.8 Å². The smallest absolute Gasteiger partial charge is 0.407 e. The molecular weight excluding hydrogens is 268 g/mol. The van der Waals surface area contributed by atoms with Crippen molar-refractivity contribution < 1.29 is 14.4 Å². The monoisotopic (exact) mass is 296 g/mol. The number of hydrogen-bond donors (Lipinski definition) is 1. The van der Waals surface area contributed by atoms with E-state index in [0.717, 1.165) is 25.7 Å². The van der Waals surface area contributed by atoms with Crippen LogP contribution in [-0.4, -0.2) is 41.5 Å². The average molecular weight is 296 g/mol. The Labute approximate surface area is 127 Å². The standard InChI is InChI=1S/C16H28N2O3/c1-15(2,3)21-14(19)17-13-10-6-12-7-11(13)9-16(4,8-10)18(12)20-5/h10-13H,6-9H2,1-5H3,(H,17,19)/t10-,11+,12?,13?,16?. The highest BCUT2D eigenvalue weighted by atomic mass is 16.7. The summed E-state index contributed by atoms with van der Waals surface area (Å²) in [7, 11) is 1.78. The molecule has 4 aliphatic rings. The van der Waals surface area contributed by atoms with Crippen LogP contribution in [0, 0.1) is 11.8 Å². The number of nitrogens with zero attached hydrogens (tertiary/aromatic N) is 1. The summed E-state index contributed by atoms with van der Waals surface area (Å²) in [4.78, 5) is 17.7. The van der Waals surface area contributed by atoms with Crippen LogP contribution in [0.25, 0.3) is 0 Å². The zero-order valence-corrected chi connectivity index (χ0v) is 13.8. The molecule has 2 aliphatic heterocycles. The van der Waals surface area contributed by atoms with Crippen LogP contribution >= 0.6 is 0 Å². The van der Waals surface area contributed by atoms with Gasteiger partial charge in [0.1, 0.15) is 5.60 Å². The Morgan fingerprint density at radius 2 is 1.81 bits per heavy atom. The molecule has 4 rings (SSSR count). The number of hydrogen-bond acceptors (Lipinski definition) is 4. The fourth-order valence-corrected chi connectivity index (χ4v) is 4.97. The van der Waals surface area contributed by atoms with Gasteiger partial charge in [0.15, 0.2) is 0 Å². The third-order valence-corrected chi connectivity index (χ3v) is 5.31. The Hall–Kier alpha value is -0.810. The number of carbonyl (C=O) groups is 1. The normalized spacial score (nSPS) is 42.1. The number of alkyl carbamates (subject to hydrolysis) is 1. The second-order valence-corrected chi connectivity index (χ2v) is 8.23. The number of piperidine rings is 2. The molecule has 1 amide bonds. The molecule has 0 aromatic carbocycles. The van der Waals surface area contributed by atoms with Gasteiger partial charge in [-0.1, -0.05) is 0 Å². The van der Waals surface area contributed by atoms with Crippen LogP contribution in [0.1, 0.15) is 53.4 Å². The summed E-state index contributed by atoms with van der Waals surface area (Å²) in [5.41, 5.74) is -0.299. The highest BCUT2D eigenvalue weighted by molar-refractivity contribution is 5.68. The second kappa shape index (κ2) is 4.85. The van der Waals surface area contributed by atoms with E-state index in [-0.39, 0.29) is 17.7 Å². The van der Waals surface area contributed by atoms with Gasteiger partial charge >= 0.3 is 6.09 Å². The molecule has 4 fully saturated rings. The zero-order chi connectivity index (χ0) is 15.4. The van der Waals surface area contributed by atoms with Crippen molar-refractivity contribution in [3.05, 3.63) is 0 Å². The molecule has 0 aromatic rings. The largest absolute Gasteiger partial charge is 0.444 e. The van der Waals surface area contributed by atoms with Crippen LogP contribution < -0.4 is 5.32 Å². The molecule has 5 atom stereocenters. The Balaban J connectivity index is 1.68. The highest BCUT2D eigenvalue weighted by Crippen LogP contribution is 2.54. The van der Waals surface area contributed by atoms with E-state index in [1.165, 1.54) is 0 Å². The fraction of sp³-hybridized carbons (Fsp3) is 0.938. The second-order valence-electron chi connectivity index (χ2n) is 8.23. The van der Waals surface area contributed by atoms with Gasteiger partial charge in [0.2, 0.25) is 0 Å². The van der Waals surface area contributed by atoms with Crippen molar-refractivity contribution >= 4 is 6.09 Å². The van der Waals surface area contributed by atoms with Gasteiger partial charge in [-0.2, -0.15) is 5.06 Å². The third kappa shape index (κ3) is 2.66. The number of amides is 1. The first-order chi connectivity index (χ1) is 9.72. The Morgan fingerprint density at radius 3 is 2.24 bits per heavy atom. The molecule has 3 unspecified atom stereocenters. The van der Waals surface area contributed by atoms with E-state index in [4.69, 9.17) is 9.57 Å². The van der Waals surface area contributed by atoms with E-state index in [1.54, 1.807) is 7.11 Å². The summed E-state index contributed by atoms with van der Waals surface area (Å²) >= 11 is 0. The van der Waals surface area contributed by atoms with Crippen LogP contribution in [0.15, 0.2) is 0 Å². The summed E-state index contributed by atoms with van der Waals surface area (Å²) < 4.78 is 5.43. The van der Waals surface area contributed by atoms with Crippen molar-refractivity contribution in [2.45, 2.75) is 76.6 Å². The highest BCUT2D eigenvalue weighted by Gasteiger charge is 2.58. The predicted molar refractivity (Wildman–Crippen MR) is 79.6 cm³/mol.